The summed E-state index contributed by atoms with van der Waals surface area (Å²) in [4.78, 5) is 0. The molecular weight excluding hydrogens is 265 g/mol. The highest BCUT2D eigenvalue weighted by Crippen LogP contribution is 2.18. The lowest BCUT2D eigenvalue weighted by Crippen LogP contribution is -2.17. The molecule has 1 atom stereocenters. The van der Waals surface area contributed by atoms with Crippen LogP contribution in [0.1, 0.15) is 30.4 Å². The number of ether oxygens (including phenoxy) is 1. The molecule has 1 N–H and O–H groups in total. The van der Waals surface area contributed by atoms with Crippen LogP contribution in [0.15, 0.2) is 48.5 Å². The van der Waals surface area contributed by atoms with Crippen molar-refractivity contribution in [2.24, 2.45) is 0 Å². The molecule has 0 fully saturated rings. The largest absolute Gasteiger partial charge is 0.497 e. The van der Waals surface area contributed by atoms with Crippen molar-refractivity contribution in [3.05, 3.63) is 65.5 Å². The van der Waals surface area contributed by atoms with Crippen LogP contribution in [0.3, 0.4) is 0 Å². The summed E-state index contributed by atoms with van der Waals surface area (Å²) in [5, 5.41) is 3.30. The lowest BCUT2D eigenvalue weighted by molar-refractivity contribution is 0.410. The molecule has 0 heterocycles. The monoisotopic (exact) mass is 287 g/mol. The summed E-state index contributed by atoms with van der Waals surface area (Å²) in [7, 11) is 1.54. The molecule has 112 valence electrons. The first-order valence-corrected chi connectivity index (χ1v) is 7.29. The topological polar surface area (TPSA) is 21.3 Å². The summed E-state index contributed by atoms with van der Waals surface area (Å²) < 4.78 is 18.8. The molecule has 0 saturated heterocycles. The third-order valence-corrected chi connectivity index (χ3v) is 3.70. The molecule has 0 aliphatic heterocycles. The highest BCUT2D eigenvalue weighted by Gasteiger charge is 2.06. The van der Waals surface area contributed by atoms with Gasteiger partial charge in [-0.1, -0.05) is 43.3 Å². The number of hydrogen-bond donors (Lipinski definition) is 1. The predicted molar refractivity (Wildman–Crippen MR) is 84.1 cm³/mol. The Kier molecular flexibility index (Phi) is 5.76. The maximum Gasteiger partial charge on any atom is 0.131 e. The first-order valence-electron chi connectivity index (χ1n) is 7.29. The summed E-state index contributed by atoms with van der Waals surface area (Å²) >= 11 is 0. The zero-order valence-electron chi connectivity index (χ0n) is 12.6. The summed E-state index contributed by atoms with van der Waals surface area (Å²) in [6, 6.07) is 15.4. The van der Waals surface area contributed by atoms with Gasteiger partial charge in [0.05, 0.1) is 7.11 Å². The predicted octanol–water partition coefficient (Wildman–Crippen LogP) is 4.12. The Balaban J connectivity index is 1.77. The molecule has 0 amide bonds. The summed E-state index contributed by atoms with van der Waals surface area (Å²) in [5.74, 6) is 0.825. The van der Waals surface area contributed by atoms with E-state index in [9.17, 15) is 4.39 Å². The van der Waals surface area contributed by atoms with Gasteiger partial charge < -0.3 is 10.1 Å². The van der Waals surface area contributed by atoms with E-state index in [0.29, 0.717) is 23.8 Å². The first kappa shape index (κ1) is 15.5. The molecule has 21 heavy (non-hydrogen) atoms. The minimum Gasteiger partial charge on any atom is -0.497 e. The van der Waals surface area contributed by atoms with Crippen LogP contribution < -0.4 is 10.1 Å². The van der Waals surface area contributed by atoms with E-state index in [1.165, 1.54) is 18.7 Å². The van der Waals surface area contributed by atoms with Gasteiger partial charge in [0.25, 0.3) is 0 Å². The normalized spacial score (nSPS) is 12.1. The van der Waals surface area contributed by atoms with E-state index >= 15 is 0 Å². The lowest BCUT2D eigenvalue weighted by Gasteiger charge is -2.13. The molecule has 0 aliphatic rings. The van der Waals surface area contributed by atoms with Crippen molar-refractivity contribution in [2.45, 2.75) is 25.8 Å². The molecule has 0 radical (unpaired) electrons. The summed E-state index contributed by atoms with van der Waals surface area (Å²) in [6.07, 6.45) is 1.03. The van der Waals surface area contributed by atoms with Crippen LogP contribution in [0.5, 0.6) is 5.75 Å². The van der Waals surface area contributed by atoms with Crippen LogP contribution in [0.4, 0.5) is 4.39 Å². The number of hydrogen-bond acceptors (Lipinski definition) is 2. The van der Waals surface area contributed by atoms with Gasteiger partial charge in [-0.25, -0.2) is 4.39 Å². The number of rotatable bonds is 7. The Labute approximate surface area is 126 Å². The maximum atomic E-state index is 13.8. The van der Waals surface area contributed by atoms with Crippen LogP contribution in [-0.4, -0.2) is 13.7 Å². The fraction of sp³-hybridized carbons (Fsp3) is 0.333. The van der Waals surface area contributed by atoms with Crippen molar-refractivity contribution >= 4 is 0 Å². The van der Waals surface area contributed by atoms with Gasteiger partial charge in [0.2, 0.25) is 0 Å². The Morgan fingerprint density at radius 2 is 1.90 bits per heavy atom. The quantitative estimate of drug-likeness (QED) is 0.774. The van der Waals surface area contributed by atoms with Crippen molar-refractivity contribution in [1.82, 2.24) is 5.32 Å². The highest BCUT2D eigenvalue weighted by atomic mass is 19.1. The fourth-order valence-electron chi connectivity index (χ4n) is 2.29. The standard InChI is InChI=1S/C18H22FNO/c1-14(15-6-4-3-5-7-15)10-11-20-13-16-8-9-17(21-2)12-18(16)19/h3-9,12,14,20H,10-11,13H2,1-2H3. The van der Waals surface area contributed by atoms with Crippen molar-refractivity contribution in [1.29, 1.82) is 0 Å². The molecule has 0 spiro atoms. The fourth-order valence-corrected chi connectivity index (χ4v) is 2.29. The molecule has 0 saturated carbocycles. The van der Waals surface area contributed by atoms with Crippen molar-refractivity contribution < 1.29 is 9.13 Å². The van der Waals surface area contributed by atoms with Crippen molar-refractivity contribution in [3.63, 3.8) is 0 Å². The van der Waals surface area contributed by atoms with E-state index in [-0.39, 0.29) is 5.82 Å². The SMILES string of the molecule is COc1ccc(CNCCC(C)c2ccccc2)c(F)c1. The minimum atomic E-state index is -0.224. The third kappa shape index (κ3) is 4.57. The van der Waals surface area contributed by atoms with E-state index in [2.05, 4.69) is 36.5 Å². The van der Waals surface area contributed by atoms with Gasteiger partial charge in [-0.2, -0.15) is 0 Å². The second-order valence-corrected chi connectivity index (χ2v) is 5.23. The third-order valence-electron chi connectivity index (χ3n) is 3.70. The molecule has 0 aromatic heterocycles. The van der Waals surface area contributed by atoms with E-state index in [1.54, 1.807) is 12.1 Å². The van der Waals surface area contributed by atoms with Crippen LogP contribution in [0.25, 0.3) is 0 Å². The van der Waals surface area contributed by atoms with Gasteiger partial charge in [-0.05, 0) is 30.5 Å². The smallest absolute Gasteiger partial charge is 0.131 e. The van der Waals surface area contributed by atoms with Gasteiger partial charge in [0.1, 0.15) is 11.6 Å². The molecule has 2 nitrogen and oxygen atoms in total. The second kappa shape index (κ2) is 7.79. The van der Waals surface area contributed by atoms with E-state index < -0.39 is 0 Å². The van der Waals surface area contributed by atoms with E-state index in [0.717, 1.165) is 13.0 Å². The van der Waals surface area contributed by atoms with Crippen LogP contribution in [0.2, 0.25) is 0 Å². The van der Waals surface area contributed by atoms with Crippen molar-refractivity contribution in [2.75, 3.05) is 13.7 Å². The number of halogens is 1. The lowest BCUT2D eigenvalue weighted by atomic mass is 9.98. The second-order valence-electron chi connectivity index (χ2n) is 5.23. The van der Waals surface area contributed by atoms with Gasteiger partial charge in [-0.3, -0.25) is 0 Å². The molecule has 2 aromatic rings. The van der Waals surface area contributed by atoms with Crippen LogP contribution in [0, 0.1) is 5.82 Å². The molecule has 0 bridgehead atoms. The summed E-state index contributed by atoms with van der Waals surface area (Å²) in [5.41, 5.74) is 2.01. The Hall–Kier alpha value is -1.87. The van der Waals surface area contributed by atoms with Crippen LogP contribution in [-0.2, 0) is 6.54 Å². The van der Waals surface area contributed by atoms with Gasteiger partial charge in [-0.15, -0.1) is 0 Å². The molecule has 0 aliphatic carbocycles. The van der Waals surface area contributed by atoms with Gasteiger partial charge >= 0.3 is 0 Å². The van der Waals surface area contributed by atoms with E-state index in [1.807, 2.05) is 6.07 Å². The molecule has 2 aromatic carbocycles. The first-order chi connectivity index (χ1) is 10.2. The Morgan fingerprint density at radius 3 is 2.57 bits per heavy atom. The van der Waals surface area contributed by atoms with E-state index in [4.69, 9.17) is 4.74 Å². The number of benzene rings is 2. The number of nitrogens with one attached hydrogen (secondary N) is 1. The molecule has 1 unspecified atom stereocenters. The average molecular weight is 287 g/mol. The minimum absolute atomic E-state index is 0.224. The molecule has 2 rings (SSSR count). The average Bonchev–Trinajstić information content (AvgIpc) is 2.53. The van der Waals surface area contributed by atoms with Crippen LogP contribution >= 0.6 is 0 Å². The zero-order valence-corrected chi connectivity index (χ0v) is 12.6. The molecule has 3 heteroatoms. The summed E-state index contributed by atoms with van der Waals surface area (Å²) in [6.45, 7) is 3.61. The Morgan fingerprint density at radius 1 is 1.14 bits per heavy atom. The maximum absolute atomic E-state index is 13.8. The Bertz CT molecular complexity index is 556. The number of methoxy groups -OCH3 is 1. The van der Waals surface area contributed by atoms with Gasteiger partial charge in [0, 0.05) is 18.2 Å². The van der Waals surface area contributed by atoms with Crippen molar-refractivity contribution in [3.8, 4) is 5.75 Å². The molecular formula is C18H22FNO. The highest BCUT2D eigenvalue weighted by molar-refractivity contribution is 5.28. The zero-order chi connectivity index (χ0) is 15.1. The van der Waals surface area contributed by atoms with Gasteiger partial charge in [0.15, 0.2) is 0 Å².